The van der Waals surface area contributed by atoms with Gasteiger partial charge in [0, 0.05) is 23.7 Å². The molecule has 1 N–H and O–H groups in total. The number of nitrogens with zero attached hydrogens (tertiary/aromatic N) is 1. The number of benzene rings is 3. The maximum Gasteiger partial charge on any atom is 0.254 e. The Morgan fingerprint density at radius 2 is 1.67 bits per heavy atom. The fourth-order valence-electron chi connectivity index (χ4n) is 3.82. The summed E-state index contributed by atoms with van der Waals surface area (Å²) in [6.07, 6.45) is 1.50. The van der Waals surface area contributed by atoms with Crippen molar-refractivity contribution in [3.05, 3.63) is 95.0 Å². The molecule has 1 fully saturated rings. The van der Waals surface area contributed by atoms with Crippen molar-refractivity contribution in [2.75, 3.05) is 6.54 Å². The van der Waals surface area contributed by atoms with Crippen LogP contribution in [0.25, 0.3) is 11.1 Å². The summed E-state index contributed by atoms with van der Waals surface area (Å²) >= 11 is 5.91. The number of carbonyl (C=O) groups excluding carboxylic acids is 2. The Balaban J connectivity index is 1.45. The van der Waals surface area contributed by atoms with Crippen LogP contribution >= 0.6 is 11.6 Å². The molecule has 3 aromatic rings. The standard InChI is InChI=1S/C25H23ClN2O2/c26-22-13-11-18(12-14-22)17-27-24(29)23-10-5-15-28(23)25(30)21-9-4-8-20(16-21)19-6-2-1-3-7-19/h1-4,6-9,11-14,16,23H,5,10,15,17H2,(H,27,29). The van der Waals surface area contributed by atoms with Gasteiger partial charge in [-0.2, -0.15) is 0 Å². The van der Waals surface area contributed by atoms with E-state index < -0.39 is 6.04 Å². The molecule has 4 rings (SSSR count). The number of rotatable bonds is 5. The van der Waals surface area contributed by atoms with Crippen LogP contribution in [0.2, 0.25) is 5.02 Å². The lowest BCUT2D eigenvalue weighted by Crippen LogP contribution is -2.45. The Hall–Kier alpha value is -3.11. The number of nitrogens with one attached hydrogen (secondary N) is 1. The van der Waals surface area contributed by atoms with Crippen LogP contribution in [-0.2, 0) is 11.3 Å². The molecular formula is C25H23ClN2O2. The molecule has 1 aliphatic rings. The third kappa shape index (κ3) is 4.55. The Kier molecular flexibility index (Phi) is 6.15. The van der Waals surface area contributed by atoms with Gasteiger partial charge in [-0.1, -0.05) is 66.2 Å². The van der Waals surface area contributed by atoms with E-state index in [9.17, 15) is 9.59 Å². The van der Waals surface area contributed by atoms with Gasteiger partial charge in [-0.3, -0.25) is 9.59 Å². The Morgan fingerprint density at radius 1 is 0.933 bits per heavy atom. The largest absolute Gasteiger partial charge is 0.350 e. The lowest BCUT2D eigenvalue weighted by Gasteiger charge is -2.24. The quantitative estimate of drug-likeness (QED) is 0.638. The average molecular weight is 419 g/mol. The van der Waals surface area contributed by atoms with Crippen molar-refractivity contribution >= 4 is 23.4 Å². The smallest absolute Gasteiger partial charge is 0.254 e. The van der Waals surface area contributed by atoms with Crippen molar-refractivity contribution in [2.45, 2.75) is 25.4 Å². The van der Waals surface area contributed by atoms with Crippen LogP contribution in [0.4, 0.5) is 0 Å². The van der Waals surface area contributed by atoms with E-state index in [-0.39, 0.29) is 11.8 Å². The zero-order valence-electron chi connectivity index (χ0n) is 16.6. The Labute approximate surface area is 181 Å². The predicted molar refractivity (Wildman–Crippen MR) is 119 cm³/mol. The summed E-state index contributed by atoms with van der Waals surface area (Å²) in [5, 5.41) is 3.62. The maximum atomic E-state index is 13.2. The number of halogens is 1. The lowest BCUT2D eigenvalue weighted by atomic mass is 10.0. The molecule has 0 aromatic heterocycles. The highest BCUT2D eigenvalue weighted by molar-refractivity contribution is 6.30. The average Bonchev–Trinajstić information content (AvgIpc) is 3.29. The summed E-state index contributed by atoms with van der Waals surface area (Å²) in [5.41, 5.74) is 3.63. The van der Waals surface area contributed by atoms with E-state index in [1.165, 1.54) is 0 Å². The van der Waals surface area contributed by atoms with Crippen molar-refractivity contribution in [3.63, 3.8) is 0 Å². The molecule has 1 unspecified atom stereocenters. The molecular weight excluding hydrogens is 396 g/mol. The number of carbonyl (C=O) groups is 2. The summed E-state index contributed by atoms with van der Waals surface area (Å²) in [7, 11) is 0. The van der Waals surface area contributed by atoms with Crippen molar-refractivity contribution in [1.82, 2.24) is 10.2 Å². The fourth-order valence-corrected chi connectivity index (χ4v) is 3.95. The summed E-state index contributed by atoms with van der Waals surface area (Å²) in [6.45, 7) is 1.01. The summed E-state index contributed by atoms with van der Waals surface area (Å²) < 4.78 is 0. The van der Waals surface area contributed by atoms with Gasteiger partial charge in [-0.25, -0.2) is 0 Å². The molecule has 5 heteroatoms. The highest BCUT2D eigenvalue weighted by atomic mass is 35.5. The van der Waals surface area contributed by atoms with Gasteiger partial charge in [0.1, 0.15) is 6.04 Å². The highest BCUT2D eigenvalue weighted by Crippen LogP contribution is 2.24. The van der Waals surface area contributed by atoms with Gasteiger partial charge in [0.2, 0.25) is 5.91 Å². The fraction of sp³-hybridized carbons (Fsp3) is 0.200. The molecule has 1 heterocycles. The molecule has 0 saturated carbocycles. The van der Waals surface area contributed by atoms with Gasteiger partial charge >= 0.3 is 0 Å². The zero-order valence-corrected chi connectivity index (χ0v) is 17.3. The first-order chi connectivity index (χ1) is 14.6. The first-order valence-corrected chi connectivity index (χ1v) is 10.5. The number of amides is 2. The minimum absolute atomic E-state index is 0.100. The van der Waals surface area contributed by atoms with E-state index in [1.807, 2.05) is 66.7 Å². The Bertz CT molecular complexity index is 1030. The maximum absolute atomic E-state index is 13.2. The monoisotopic (exact) mass is 418 g/mol. The molecule has 1 atom stereocenters. The number of hydrogen-bond donors (Lipinski definition) is 1. The van der Waals surface area contributed by atoms with Crippen LogP contribution in [0.5, 0.6) is 0 Å². The summed E-state index contributed by atoms with van der Waals surface area (Å²) in [5.74, 6) is -0.216. The SMILES string of the molecule is O=C(NCc1ccc(Cl)cc1)C1CCCN1C(=O)c1cccc(-c2ccccc2)c1. The van der Waals surface area contributed by atoms with Gasteiger partial charge in [0.05, 0.1) is 0 Å². The second-order valence-electron chi connectivity index (χ2n) is 7.45. The molecule has 1 aliphatic heterocycles. The predicted octanol–water partition coefficient (Wildman–Crippen LogP) is 4.93. The highest BCUT2D eigenvalue weighted by Gasteiger charge is 2.34. The van der Waals surface area contributed by atoms with Crippen LogP contribution in [0, 0.1) is 0 Å². The minimum Gasteiger partial charge on any atom is -0.350 e. The van der Waals surface area contributed by atoms with Gasteiger partial charge in [0.25, 0.3) is 5.91 Å². The topological polar surface area (TPSA) is 49.4 Å². The van der Waals surface area contributed by atoms with E-state index >= 15 is 0 Å². The molecule has 0 spiro atoms. The molecule has 1 saturated heterocycles. The van der Waals surface area contributed by atoms with Gasteiger partial charge < -0.3 is 10.2 Å². The second kappa shape index (κ2) is 9.14. The third-order valence-corrected chi connectivity index (χ3v) is 5.66. The number of likely N-dealkylation sites (tertiary alicyclic amines) is 1. The van der Waals surface area contributed by atoms with Gasteiger partial charge in [-0.15, -0.1) is 0 Å². The van der Waals surface area contributed by atoms with E-state index in [0.717, 1.165) is 23.1 Å². The van der Waals surface area contributed by atoms with Crippen LogP contribution in [0.3, 0.4) is 0 Å². The molecule has 0 radical (unpaired) electrons. The van der Waals surface area contributed by atoms with Crippen LogP contribution in [0.1, 0.15) is 28.8 Å². The summed E-state index contributed by atoms with van der Waals surface area (Å²) in [4.78, 5) is 27.7. The van der Waals surface area contributed by atoms with Gasteiger partial charge in [-0.05, 0) is 53.8 Å². The molecule has 152 valence electrons. The molecule has 30 heavy (non-hydrogen) atoms. The van der Waals surface area contributed by atoms with E-state index in [2.05, 4.69) is 5.32 Å². The Morgan fingerprint density at radius 3 is 2.43 bits per heavy atom. The zero-order chi connectivity index (χ0) is 20.9. The molecule has 0 bridgehead atoms. The second-order valence-corrected chi connectivity index (χ2v) is 7.88. The third-order valence-electron chi connectivity index (χ3n) is 5.41. The van der Waals surface area contributed by atoms with Crippen molar-refractivity contribution < 1.29 is 9.59 Å². The van der Waals surface area contributed by atoms with Crippen LogP contribution in [0.15, 0.2) is 78.9 Å². The van der Waals surface area contributed by atoms with Crippen molar-refractivity contribution in [3.8, 4) is 11.1 Å². The lowest BCUT2D eigenvalue weighted by molar-refractivity contribution is -0.125. The van der Waals surface area contributed by atoms with Crippen LogP contribution in [-0.4, -0.2) is 29.3 Å². The summed E-state index contributed by atoms with van der Waals surface area (Å²) in [6, 6.07) is 24.5. The first kappa shape index (κ1) is 20.2. The molecule has 0 aliphatic carbocycles. The van der Waals surface area contributed by atoms with Crippen molar-refractivity contribution in [1.29, 1.82) is 0 Å². The van der Waals surface area contributed by atoms with E-state index in [0.29, 0.717) is 30.1 Å². The number of hydrogen-bond acceptors (Lipinski definition) is 2. The first-order valence-electron chi connectivity index (χ1n) is 10.1. The normalized spacial score (nSPS) is 15.8. The van der Waals surface area contributed by atoms with E-state index in [1.54, 1.807) is 17.0 Å². The minimum atomic E-state index is -0.440. The van der Waals surface area contributed by atoms with E-state index in [4.69, 9.17) is 11.6 Å². The van der Waals surface area contributed by atoms with Gasteiger partial charge in [0.15, 0.2) is 0 Å². The molecule has 4 nitrogen and oxygen atoms in total. The molecule has 2 amide bonds. The van der Waals surface area contributed by atoms with Crippen LogP contribution < -0.4 is 5.32 Å². The molecule has 3 aromatic carbocycles. The van der Waals surface area contributed by atoms with Crippen molar-refractivity contribution in [2.24, 2.45) is 0 Å².